The minimum absolute atomic E-state index is 0.744. The molecule has 2 rings (SSSR count). The number of benzene rings is 1. The van der Waals surface area contributed by atoms with Crippen LogP contribution in [0.1, 0.15) is 49.7 Å². The molecule has 0 aromatic heterocycles. The average molecular weight is 343 g/mol. The summed E-state index contributed by atoms with van der Waals surface area (Å²) in [6.45, 7) is 3.22. The molecule has 0 atom stereocenters. The lowest BCUT2D eigenvalue weighted by molar-refractivity contribution is 0.458. The Balaban J connectivity index is 1.90. The van der Waals surface area contributed by atoms with Gasteiger partial charge in [-0.1, -0.05) is 43.9 Å². The van der Waals surface area contributed by atoms with Gasteiger partial charge >= 0.3 is 0 Å². The first-order valence-corrected chi connectivity index (χ1v) is 7.82. The van der Waals surface area contributed by atoms with Gasteiger partial charge in [-0.15, -0.1) is 0 Å². The quantitative estimate of drug-likeness (QED) is 0.633. The molecule has 2 heteroatoms. The van der Waals surface area contributed by atoms with E-state index in [4.69, 9.17) is 0 Å². The molecule has 17 heavy (non-hydrogen) atoms. The van der Waals surface area contributed by atoms with Crippen LogP contribution in [0.25, 0.3) is 0 Å². The van der Waals surface area contributed by atoms with Gasteiger partial charge in [-0.2, -0.15) is 0 Å². The van der Waals surface area contributed by atoms with Gasteiger partial charge in [0.15, 0.2) is 0 Å². The van der Waals surface area contributed by atoms with E-state index in [1.165, 1.54) is 53.2 Å². The summed E-state index contributed by atoms with van der Waals surface area (Å²) < 4.78 is 1.42. The Morgan fingerprint density at radius 3 is 2.59 bits per heavy atom. The second-order valence-corrected chi connectivity index (χ2v) is 6.20. The largest absolute Gasteiger partial charge is 0.310 e. The van der Waals surface area contributed by atoms with Gasteiger partial charge in [-0.25, -0.2) is 0 Å². The maximum atomic E-state index is 3.74. The number of hydrogen-bond donors (Lipinski definition) is 1. The van der Waals surface area contributed by atoms with Crippen LogP contribution in [0.15, 0.2) is 18.2 Å². The average Bonchev–Trinajstić information content (AvgIpc) is 2.59. The predicted octanol–water partition coefficient (Wildman–Crippen LogP) is 4.41. The highest BCUT2D eigenvalue weighted by atomic mass is 127. The van der Waals surface area contributed by atoms with E-state index in [0.29, 0.717) is 0 Å². The third kappa shape index (κ3) is 3.95. The molecule has 0 heterocycles. The van der Waals surface area contributed by atoms with E-state index in [1.807, 2.05) is 0 Å². The first kappa shape index (κ1) is 13.3. The van der Waals surface area contributed by atoms with Crippen LogP contribution in [-0.2, 0) is 6.54 Å². The Hall–Kier alpha value is -0.0900. The standard InChI is InChI=1S/C15H22IN/c1-12-7-6-8-13(15(12)16)11-17-14-9-4-2-3-5-10-14/h6-8,14,17H,2-5,9-11H2,1H3. The van der Waals surface area contributed by atoms with Gasteiger partial charge in [0.2, 0.25) is 0 Å². The molecule has 1 aromatic carbocycles. The summed E-state index contributed by atoms with van der Waals surface area (Å²) in [6, 6.07) is 7.35. The molecule has 1 nitrogen and oxygen atoms in total. The Morgan fingerprint density at radius 2 is 1.88 bits per heavy atom. The van der Waals surface area contributed by atoms with Crippen LogP contribution in [-0.4, -0.2) is 6.04 Å². The number of hydrogen-bond acceptors (Lipinski definition) is 1. The zero-order valence-corrected chi connectivity index (χ0v) is 12.8. The van der Waals surface area contributed by atoms with Gasteiger partial charge in [0.05, 0.1) is 0 Å². The van der Waals surface area contributed by atoms with Crippen molar-refractivity contribution in [1.82, 2.24) is 5.32 Å². The van der Waals surface area contributed by atoms with Crippen LogP contribution in [0.4, 0.5) is 0 Å². The summed E-state index contributed by atoms with van der Waals surface area (Å²) in [5.41, 5.74) is 2.85. The summed E-state index contributed by atoms with van der Waals surface area (Å²) in [5.74, 6) is 0. The lowest BCUT2D eigenvalue weighted by atomic mass is 10.1. The van der Waals surface area contributed by atoms with Crippen molar-refractivity contribution in [3.8, 4) is 0 Å². The maximum absolute atomic E-state index is 3.74. The smallest absolute Gasteiger partial charge is 0.0218 e. The second-order valence-electron chi connectivity index (χ2n) is 5.12. The number of halogens is 1. The van der Waals surface area contributed by atoms with E-state index in [-0.39, 0.29) is 0 Å². The summed E-state index contributed by atoms with van der Waals surface area (Å²) in [6.07, 6.45) is 8.40. The van der Waals surface area contributed by atoms with Crippen LogP contribution < -0.4 is 5.32 Å². The minimum atomic E-state index is 0.744. The van der Waals surface area contributed by atoms with Crippen LogP contribution in [0, 0.1) is 10.5 Å². The maximum Gasteiger partial charge on any atom is 0.0218 e. The SMILES string of the molecule is Cc1cccc(CNC2CCCCCC2)c1I. The number of nitrogens with one attached hydrogen (secondary N) is 1. The second kappa shape index (κ2) is 6.74. The molecular weight excluding hydrogens is 321 g/mol. The van der Waals surface area contributed by atoms with Crippen molar-refractivity contribution >= 4 is 22.6 Å². The molecule has 1 saturated carbocycles. The Kier molecular flexibility index (Phi) is 5.29. The van der Waals surface area contributed by atoms with Gasteiger partial charge in [-0.3, -0.25) is 0 Å². The van der Waals surface area contributed by atoms with E-state index in [0.717, 1.165) is 12.6 Å². The third-order valence-corrected chi connectivity index (χ3v) is 5.25. The van der Waals surface area contributed by atoms with Gasteiger partial charge in [-0.05, 0) is 53.5 Å². The zero-order valence-electron chi connectivity index (χ0n) is 10.6. The monoisotopic (exact) mass is 343 g/mol. The molecule has 0 spiro atoms. The minimum Gasteiger partial charge on any atom is -0.310 e. The fraction of sp³-hybridized carbons (Fsp3) is 0.600. The number of rotatable bonds is 3. The van der Waals surface area contributed by atoms with Crippen molar-refractivity contribution in [2.24, 2.45) is 0 Å². The van der Waals surface area contributed by atoms with Crippen LogP contribution in [0.3, 0.4) is 0 Å². The van der Waals surface area contributed by atoms with Crippen molar-refractivity contribution < 1.29 is 0 Å². The highest BCUT2D eigenvalue weighted by Gasteiger charge is 2.12. The summed E-state index contributed by atoms with van der Waals surface area (Å²) in [4.78, 5) is 0. The predicted molar refractivity (Wildman–Crippen MR) is 82.2 cm³/mol. The topological polar surface area (TPSA) is 12.0 Å². The molecule has 1 aliphatic carbocycles. The Morgan fingerprint density at radius 1 is 1.18 bits per heavy atom. The first-order chi connectivity index (χ1) is 8.27. The summed E-state index contributed by atoms with van der Waals surface area (Å²) >= 11 is 2.47. The van der Waals surface area contributed by atoms with Gasteiger partial charge in [0.1, 0.15) is 0 Å². The van der Waals surface area contributed by atoms with E-state index >= 15 is 0 Å². The highest BCUT2D eigenvalue weighted by molar-refractivity contribution is 14.1. The Bertz CT molecular complexity index is 354. The fourth-order valence-corrected chi connectivity index (χ4v) is 3.13. The normalized spacial score (nSPS) is 18.0. The van der Waals surface area contributed by atoms with Crippen molar-refractivity contribution in [3.63, 3.8) is 0 Å². The first-order valence-electron chi connectivity index (χ1n) is 6.75. The van der Waals surface area contributed by atoms with Crippen molar-refractivity contribution in [1.29, 1.82) is 0 Å². The molecule has 0 unspecified atom stereocenters. The lowest BCUT2D eigenvalue weighted by Crippen LogP contribution is -2.28. The molecule has 1 N–H and O–H groups in total. The van der Waals surface area contributed by atoms with Crippen LogP contribution in [0.2, 0.25) is 0 Å². The van der Waals surface area contributed by atoms with E-state index in [9.17, 15) is 0 Å². The van der Waals surface area contributed by atoms with Crippen molar-refractivity contribution in [2.75, 3.05) is 0 Å². The highest BCUT2D eigenvalue weighted by Crippen LogP contribution is 2.20. The molecule has 0 saturated heterocycles. The fourth-order valence-electron chi connectivity index (χ4n) is 2.58. The molecule has 0 amide bonds. The molecule has 1 fully saturated rings. The van der Waals surface area contributed by atoms with Crippen molar-refractivity contribution in [2.45, 2.75) is 58.0 Å². The molecule has 94 valence electrons. The molecule has 0 bridgehead atoms. The van der Waals surface area contributed by atoms with Gasteiger partial charge in [0.25, 0.3) is 0 Å². The van der Waals surface area contributed by atoms with Crippen LogP contribution in [0.5, 0.6) is 0 Å². The molecule has 0 aliphatic heterocycles. The van der Waals surface area contributed by atoms with Gasteiger partial charge in [0, 0.05) is 16.2 Å². The van der Waals surface area contributed by atoms with E-state index in [2.05, 4.69) is 53.0 Å². The summed E-state index contributed by atoms with van der Waals surface area (Å²) in [5, 5.41) is 3.74. The Labute approximate surface area is 119 Å². The van der Waals surface area contributed by atoms with Crippen molar-refractivity contribution in [3.05, 3.63) is 32.9 Å². The van der Waals surface area contributed by atoms with E-state index in [1.54, 1.807) is 0 Å². The van der Waals surface area contributed by atoms with Crippen LogP contribution >= 0.6 is 22.6 Å². The molecular formula is C15H22IN. The molecule has 1 aromatic rings. The number of aryl methyl sites for hydroxylation is 1. The van der Waals surface area contributed by atoms with Gasteiger partial charge < -0.3 is 5.32 Å². The summed E-state index contributed by atoms with van der Waals surface area (Å²) in [7, 11) is 0. The zero-order chi connectivity index (χ0) is 12.1. The molecule has 0 radical (unpaired) electrons. The third-order valence-electron chi connectivity index (χ3n) is 3.71. The lowest BCUT2D eigenvalue weighted by Gasteiger charge is -2.17. The molecule has 1 aliphatic rings. The van der Waals surface area contributed by atoms with E-state index < -0.39 is 0 Å².